The van der Waals surface area contributed by atoms with Gasteiger partial charge in [0.2, 0.25) is 0 Å². The summed E-state index contributed by atoms with van der Waals surface area (Å²) in [6.07, 6.45) is 2.93. The average molecular weight is 388 g/mol. The molecule has 0 heterocycles. The van der Waals surface area contributed by atoms with Gasteiger partial charge in [-0.1, -0.05) is 46.3 Å². The van der Waals surface area contributed by atoms with Crippen LogP contribution in [0, 0.1) is 13.8 Å². The Bertz CT molecular complexity index is 784. The molecule has 2 aromatic rings. The lowest BCUT2D eigenvalue weighted by Gasteiger charge is -2.10. The second-order valence-corrected chi connectivity index (χ2v) is 6.11. The van der Waals surface area contributed by atoms with Crippen LogP contribution in [0.15, 0.2) is 53.0 Å². The summed E-state index contributed by atoms with van der Waals surface area (Å²) in [7, 11) is 0. The summed E-state index contributed by atoms with van der Waals surface area (Å²) in [6.45, 7) is 3.57. The van der Waals surface area contributed by atoms with Crippen molar-refractivity contribution >= 4 is 39.6 Å². The molecule has 0 unspecified atom stereocenters. The maximum atomic E-state index is 11.9. The predicted molar refractivity (Wildman–Crippen MR) is 98.7 cm³/mol. The first-order valence-electron chi connectivity index (χ1n) is 7.43. The summed E-state index contributed by atoms with van der Waals surface area (Å²) >= 11 is 3.39. The summed E-state index contributed by atoms with van der Waals surface area (Å²) in [4.78, 5) is 23.6. The van der Waals surface area contributed by atoms with Crippen LogP contribution in [0.25, 0.3) is 6.08 Å². The number of rotatable bonds is 5. The molecule has 0 aromatic heterocycles. The van der Waals surface area contributed by atoms with Gasteiger partial charge in [-0.3, -0.25) is 4.79 Å². The van der Waals surface area contributed by atoms with Crippen LogP contribution in [-0.4, -0.2) is 18.5 Å². The summed E-state index contributed by atoms with van der Waals surface area (Å²) in [5.41, 5.74) is 3.65. The zero-order chi connectivity index (χ0) is 17.5. The van der Waals surface area contributed by atoms with E-state index in [2.05, 4.69) is 21.2 Å². The molecule has 0 spiro atoms. The molecule has 1 amide bonds. The van der Waals surface area contributed by atoms with Crippen molar-refractivity contribution in [2.75, 3.05) is 11.9 Å². The Labute approximate surface area is 149 Å². The minimum atomic E-state index is -0.568. The van der Waals surface area contributed by atoms with E-state index in [-0.39, 0.29) is 12.5 Å². The Morgan fingerprint density at radius 1 is 1.12 bits per heavy atom. The number of anilines is 1. The molecule has 0 saturated heterocycles. The SMILES string of the molecule is Cc1cccc(NC(=O)COC(=O)/C=C/c2ccccc2Br)c1C. The third kappa shape index (κ3) is 5.06. The molecule has 0 radical (unpaired) electrons. The van der Waals surface area contributed by atoms with E-state index in [9.17, 15) is 9.59 Å². The van der Waals surface area contributed by atoms with Crippen LogP contribution in [0.1, 0.15) is 16.7 Å². The van der Waals surface area contributed by atoms with Gasteiger partial charge in [0.1, 0.15) is 0 Å². The lowest BCUT2D eigenvalue weighted by Crippen LogP contribution is -2.20. The molecular weight excluding hydrogens is 370 g/mol. The van der Waals surface area contributed by atoms with E-state index in [1.165, 1.54) is 6.08 Å². The van der Waals surface area contributed by atoms with Gasteiger partial charge in [0, 0.05) is 16.2 Å². The number of benzene rings is 2. The molecule has 5 heteroatoms. The number of ether oxygens (including phenoxy) is 1. The minimum absolute atomic E-state index is 0.327. The van der Waals surface area contributed by atoms with Crippen molar-refractivity contribution in [3.05, 3.63) is 69.7 Å². The standard InChI is InChI=1S/C19H18BrNO3/c1-13-6-5-9-17(14(13)2)21-18(22)12-24-19(23)11-10-15-7-3-4-8-16(15)20/h3-11H,12H2,1-2H3,(H,21,22)/b11-10+. The van der Waals surface area contributed by atoms with Gasteiger partial charge in [-0.15, -0.1) is 0 Å². The van der Waals surface area contributed by atoms with E-state index in [0.717, 1.165) is 26.9 Å². The Morgan fingerprint density at radius 2 is 1.88 bits per heavy atom. The first kappa shape index (κ1) is 17.9. The zero-order valence-electron chi connectivity index (χ0n) is 13.5. The highest BCUT2D eigenvalue weighted by Crippen LogP contribution is 2.18. The van der Waals surface area contributed by atoms with E-state index in [1.807, 2.05) is 56.3 Å². The number of hydrogen-bond donors (Lipinski definition) is 1. The van der Waals surface area contributed by atoms with Crippen molar-refractivity contribution < 1.29 is 14.3 Å². The highest BCUT2D eigenvalue weighted by atomic mass is 79.9. The predicted octanol–water partition coefficient (Wildman–Crippen LogP) is 4.26. The van der Waals surface area contributed by atoms with Gasteiger partial charge in [0.15, 0.2) is 6.61 Å². The normalized spacial score (nSPS) is 10.6. The van der Waals surface area contributed by atoms with E-state index in [4.69, 9.17) is 4.74 Å². The number of amides is 1. The van der Waals surface area contributed by atoms with Gasteiger partial charge >= 0.3 is 5.97 Å². The number of aryl methyl sites for hydroxylation is 1. The lowest BCUT2D eigenvalue weighted by atomic mass is 10.1. The second-order valence-electron chi connectivity index (χ2n) is 5.26. The van der Waals surface area contributed by atoms with Gasteiger partial charge in [-0.25, -0.2) is 4.79 Å². The molecule has 0 aliphatic rings. The van der Waals surface area contributed by atoms with Crippen LogP contribution in [0.3, 0.4) is 0 Å². The van der Waals surface area contributed by atoms with Crippen LogP contribution >= 0.6 is 15.9 Å². The van der Waals surface area contributed by atoms with Gasteiger partial charge in [-0.2, -0.15) is 0 Å². The maximum Gasteiger partial charge on any atom is 0.331 e. The molecular formula is C19H18BrNO3. The van der Waals surface area contributed by atoms with Gasteiger partial charge in [0.05, 0.1) is 0 Å². The van der Waals surface area contributed by atoms with Crippen molar-refractivity contribution in [1.29, 1.82) is 0 Å². The molecule has 2 rings (SSSR count). The molecule has 0 aliphatic heterocycles. The van der Waals surface area contributed by atoms with E-state index < -0.39 is 5.97 Å². The average Bonchev–Trinajstić information content (AvgIpc) is 2.56. The number of halogens is 1. The third-order valence-electron chi connectivity index (χ3n) is 3.53. The fraction of sp³-hybridized carbons (Fsp3) is 0.158. The second kappa shape index (κ2) is 8.45. The number of carbonyl (C=O) groups is 2. The molecule has 1 N–H and O–H groups in total. The fourth-order valence-corrected chi connectivity index (χ4v) is 2.44. The monoisotopic (exact) mass is 387 g/mol. The van der Waals surface area contributed by atoms with Crippen LogP contribution in [0.4, 0.5) is 5.69 Å². The van der Waals surface area contributed by atoms with Crippen molar-refractivity contribution in [1.82, 2.24) is 0 Å². The highest BCUT2D eigenvalue weighted by Gasteiger charge is 2.08. The zero-order valence-corrected chi connectivity index (χ0v) is 15.1. The largest absolute Gasteiger partial charge is 0.452 e. The van der Waals surface area contributed by atoms with Gasteiger partial charge in [-0.05, 0) is 48.7 Å². The Kier molecular flexibility index (Phi) is 6.32. The topological polar surface area (TPSA) is 55.4 Å². The Hall–Kier alpha value is -2.40. The molecule has 24 heavy (non-hydrogen) atoms. The molecule has 124 valence electrons. The van der Waals surface area contributed by atoms with E-state index in [0.29, 0.717) is 0 Å². The fourth-order valence-electron chi connectivity index (χ4n) is 2.03. The summed E-state index contributed by atoms with van der Waals surface area (Å²) < 4.78 is 5.83. The Morgan fingerprint density at radius 3 is 2.62 bits per heavy atom. The van der Waals surface area contributed by atoms with Gasteiger partial charge in [0.25, 0.3) is 5.91 Å². The number of carbonyl (C=O) groups excluding carboxylic acids is 2. The lowest BCUT2D eigenvalue weighted by molar-refractivity contribution is -0.142. The third-order valence-corrected chi connectivity index (χ3v) is 4.25. The molecule has 0 bridgehead atoms. The summed E-state index contributed by atoms with van der Waals surface area (Å²) in [6, 6.07) is 13.1. The molecule has 2 aromatic carbocycles. The van der Waals surface area contributed by atoms with Crippen LogP contribution in [0.5, 0.6) is 0 Å². The Balaban J connectivity index is 1.86. The quantitative estimate of drug-likeness (QED) is 0.615. The minimum Gasteiger partial charge on any atom is -0.452 e. The first-order chi connectivity index (χ1) is 11.5. The van der Waals surface area contributed by atoms with Crippen LogP contribution in [-0.2, 0) is 14.3 Å². The van der Waals surface area contributed by atoms with Crippen LogP contribution < -0.4 is 5.32 Å². The summed E-state index contributed by atoms with van der Waals surface area (Å²) in [5.74, 6) is -0.937. The molecule has 0 fully saturated rings. The number of hydrogen-bond acceptors (Lipinski definition) is 3. The van der Waals surface area contributed by atoms with E-state index in [1.54, 1.807) is 6.08 Å². The van der Waals surface area contributed by atoms with Crippen LogP contribution in [0.2, 0.25) is 0 Å². The number of nitrogens with one attached hydrogen (secondary N) is 1. The van der Waals surface area contributed by atoms with E-state index >= 15 is 0 Å². The van der Waals surface area contributed by atoms with Crippen molar-refractivity contribution in [3.63, 3.8) is 0 Å². The molecule has 0 saturated carbocycles. The first-order valence-corrected chi connectivity index (χ1v) is 8.22. The number of esters is 1. The summed E-state index contributed by atoms with van der Waals surface area (Å²) in [5, 5.41) is 2.74. The van der Waals surface area contributed by atoms with Gasteiger partial charge < -0.3 is 10.1 Å². The molecule has 0 atom stereocenters. The maximum absolute atomic E-state index is 11.9. The van der Waals surface area contributed by atoms with Crippen molar-refractivity contribution in [2.24, 2.45) is 0 Å². The van der Waals surface area contributed by atoms with Crippen molar-refractivity contribution in [3.8, 4) is 0 Å². The smallest absolute Gasteiger partial charge is 0.331 e. The molecule has 4 nitrogen and oxygen atoms in total. The van der Waals surface area contributed by atoms with Crippen molar-refractivity contribution in [2.45, 2.75) is 13.8 Å². The molecule has 0 aliphatic carbocycles. The highest BCUT2D eigenvalue weighted by molar-refractivity contribution is 9.10.